The summed E-state index contributed by atoms with van der Waals surface area (Å²) < 4.78 is 0. The zero-order chi connectivity index (χ0) is 20.7. The summed E-state index contributed by atoms with van der Waals surface area (Å²) in [6.07, 6.45) is 8.06. The monoisotopic (exact) mass is 407 g/mol. The number of carbonyl (C=O) groups excluding carboxylic acids is 1. The Morgan fingerprint density at radius 2 is 1.93 bits per heavy atom. The molecule has 0 bridgehead atoms. The molecule has 30 heavy (non-hydrogen) atoms. The first-order valence-corrected chi connectivity index (χ1v) is 11.1. The van der Waals surface area contributed by atoms with Crippen molar-refractivity contribution in [1.82, 2.24) is 19.9 Å². The number of piperidine rings is 1. The van der Waals surface area contributed by atoms with Crippen LogP contribution in [0.3, 0.4) is 0 Å². The third kappa shape index (κ3) is 3.57. The molecule has 1 atom stereocenters. The highest BCUT2D eigenvalue weighted by Crippen LogP contribution is 2.29. The number of nitrogens with zero attached hydrogens (tertiary/aromatic N) is 3. The van der Waals surface area contributed by atoms with Crippen LogP contribution < -0.4 is 10.6 Å². The number of hydrogen-bond acceptors (Lipinski definition) is 4. The molecule has 2 aromatic heterocycles. The van der Waals surface area contributed by atoms with Crippen LogP contribution in [0.1, 0.15) is 44.9 Å². The molecule has 3 heterocycles. The van der Waals surface area contributed by atoms with E-state index >= 15 is 0 Å². The first-order chi connectivity index (χ1) is 14.6. The number of pyridine rings is 1. The summed E-state index contributed by atoms with van der Waals surface area (Å²) in [7, 11) is 2.00. The zero-order valence-electron chi connectivity index (χ0n) is 17.5. The Morgan fingerprint density at radius 1 is 1.10 bits per heavy atom. The van der Waals surface area contributed by atoms with Gasteiger partial charge < -0.3 is 14.8 Å². The molecule has 2 N–H and O–H groups in total. The van der Waals surface area contributed by atoms with Gasteiger partial charge in [0.1, 0.15) is 0 Å². The van der Waals surface area contributed by atoms with Gasteiger partial charge in [0.2, 0.25) is 5.91 Å². The molecule has 1 unspecified atom stereocenters. The van der Waals surface area contributed by atoms with Gasteiger partial charge in [-0.25, -0.2) is 9.78 Å². The molecule has 3 aromatic rings. The topological polar surface area (TPSA) is 85.1 Å². The molecule has 5 rings (SSSR count). The van der Waals surface area contributed by atoms with E-state index in [9.17, 15) is 9.59 Å². The van der Waals surface area contributed by atoms with Gasteiger partial charge >= 0.3 is 5.69 Å². The third-order valence-corrected chi connectivity index (χ3v) is 6.88. The van der Waals surface area contributed by atoms with Crippen LogP contribution in [-0.2, 0) is 4.79 Å². The standard InChI is InChI=1S/C23H29N5O2/c1-27(17-7-3-2-4-8-17)22(29)15-6-5-11-28(14-15)18-9-10-19-16(12-18)13-20-21(24-19)26-23(30)25-20/h9-10,12-13,15,17H,2-8,11,14H2,1H3,(H2,24,25,26,30). The number of benzene rings is 1. The number of imidazole rings is 1. The molecular weight excluding hydrogens is 378 g/mol. The Kier molecular flexibility index (Phi) is 4.97. The van der Waals surface area contributed by atoms with Crippen LogP contribution in [0.4, 0.5) is 5.69 Å². The van der Waals surface area contributed by atoms with Crippen molar-refractivity contribution < 1.29 is 4.79 Å². The fourth-order valence-electron chi connectivity index (χ4n) is 5.16. The van der Waals surface area contributed by atoms with E-state index in [1.165, 1.54) is 19.3 Å². The van der Waals surface area contributed by atoms with E-state index in [-0.39, 0.29) is 11.6 Å². The Morgan fingerprint density at radius 3 is 2.77 bits per heavy atom. The van der Waals surface area contributed by atoms with Crippen LogP contribution in [0.25, 0.3) is 22.1 Å². The highest BCUT2D eigenvalue weighted by atomic mass is 16.2. The van der Waals surface area contributed by atoms with E-state index in [4.69, 9.17) is 0 Å². The number of amides is 1. The summed E-state index contributed by atoms with van der Waals surface area (Å²) in [6.45, 7) is 1.72. The van der Waals surface area contributed by atoms with Gasteiger partial charge in [-0.3, -0.25) is 9.78 Å². The predicted octanol–water partition coefficient (Wildman–Crippen LogP) is 3.41. The van der Waals surface area contributed by atoms with Gasteiger partial charge in [-0.05, 0) is 49.9 Å². The number of hydrogen-bond donors (Lipinski definition) is 2. The molecule has 1 aliphatic heterocycles. The first kappa shape index (κ1) is 19.2. The van der Waals surface area contributed by atoms with Gasteiger partial charge in [0.05, 0.1) is 17.0 Å². The maximum Gasteiger partial charge on any atom is 0.325 e. The van der Waals surface area contributed by atoms with Gasteiger partial charge in [-0.1, -0.05) is 19.3 Å². The highest BCUT2D eigenvalue weighted by Gasteiger charge is 2.31. The Labute approximate surface area is 175 Å². The molecule has 1 saturated carbocycles. The lowest BCUT2D eigenvalue weighted by molar-refractivity contribution is -0.137. The number of H-pyrrole nitrogens is 2. The largest absolute Gasteiger partial charge is 0.371 e. The molecule has 1 saturated heterocycles. The first-order valence-electron chi connectivity index (χ1n) is 11.1. The predicted molar refractivity (Wildman–Crippen MR) is 119 cm³/mol. The number of fused-ring (bicyclic) bond motifs is 2. The van der Waals surface area contributed by atoms with Crippen LogP contribution in [0.5, 0.6) is 0 Å². The number of aromatic nitrogens is 3. The summed E-state index contributed by atoms with van der Waals surface area (Å²) in [5.74, 6) is 0.365. The number of carbonyl (C=O) groups is 1. The molecule has 7 heteroatoms. The Balaban J connectivity index is 1.35. The number of rotatable bonds is 3. The van der Waals surface area contributed by atoms with Crippen molar-refractivity contribution in [3.8, 4) is 0 Å². The lowest BCUT2D eigenvalue weighted by atomic mass is 9.91. The van der Waals surface area contributed by atoms with Gasteiger partial charge in [-0.2, -0.15) is 0 Å². The highest BCUT2D eigenvalue weighted by molar-refractivity contribution is 5.91. The molecule has 1 amide bonds. The van der Waals surface area contributed by atoms with E-state index in [1.54, 1.807) is 0 Å². The minimum atomic E-state index is -0.243. The molecule has 0 radical (unpaired) electrons. The third-order valence-electron chi connectivity index (χ3n) is 6.88. The second-order valence-electron chi connectivity index (χ2n) is 8.87. The Hall–Kier alpha value is -2.83. The Bertz CT molecular complexity index is 1130. The summed E-state index contributed by atoms with van der Waals surface area (Å²) in [6, 6.07) is 8.56. The van der Waals surface area contributed by atoms with Crippen LogP contribution >= 0.6 is 0 Å². The molecule has 1 aromatic carbocycles. The van der Waals surface area contributed by atoms with E-state index in [0.717, 1.165) is 55.4 Å². The average molecular weight is 408 g/mol. The van der Waals surface area contributed by atoms with Crippen molar-refractivity contribution in [2.24, 2.45) is 5.92 Å². The minimum Gasteiger partial charge on any atom is -0.371 e. The summed E-state index contributed by atoms with van der Waals surface area (Å²) in [5.41, 5.74) is 3.01. The molecule has 0 spiro atoms. The fourth-order valence-corrected chi connectivity index (χ4v) is 5.16. The van der Waals surface area contributed by atoms with Gasteiger partial charge in [-0.15, -0.1) is 0 Å². The second kappa shape index (κ2) is 7.78. The smallest absolute Gasteiger partial charge is 0.325 e. The van der Waals surface area contributed by atoms with Crippen LogP contribution in [0.15, 0.2) is 29.1 Å². The van der Waals surface area contributed by atoms with Crippen molar-refractivity contribution in [3.63, 3.8) is 0 Å². The van der Waals surface area contributed by atoms with Crippen molar-refractivity contribution in [2.45, 2.75) is 51.0 Å². The van der Waals surface area contributed by atoms with Crippen molar-refractivity contribution in [3.05, 3.63) is 34.7 Å². The summed E-state index contributed by atoms with van der Waals surface area (Å²) >= 11 is 0. The SMILES string of the molecule is CN(C(=O)C1CCCN(c2ccc3nc4[nH]c(=O)[nH]c4cc3c2)C1)C1CCCCC1. The lowest BCUT2D eigenvalue weighted by Gasteiger charge is -2.38. The maximum atomic E-state index is 13.2. The van der Waals surface area contributed by atoms with Gasteiger partial charge in [0, 0.05) is 37.3 Å². The van der Waals surface area contributed by atoms with E-state index in [0.29, 0.717) is 23.1 Å². The van der Waals surface area contributed by atoms with E-state index < -0.39 is 0 Å². The molecule has 7 nitrogen and oxygen atoms in total. The van der Waals surface area contributed by atoms with Crippen molar-refractivity contribution in [2.75, 3.05) is 25.0 Å². The average Bonchev–Trinajstić information content (AvgIpc) is 3.15. The molecular formula is C23H29N5O2. The van der Waals surface area contributed by atoms with E-state index in [2.05, 4.69) is 32.0 Å². The summed E-state index contributed by atoms with van der Waals surface area (Å²) in [4.78, 5) is 39.1. The van der Waals surface area contributed by atoms with Gasteiger partial charge in [0.15, 0.2) is 5.65 Å². The molecule has 158 valence electrons. The lowest BCUT2D eigenvalue weighted by Crippen LogP contribution is -2.47. The fraction of sp³-hybridized carbons (Fsp3) is 0.522. The molecule has 2 fully saturated rings. The number of anilines is 1. The zero-order valence-corrected chi connectivity index (χ0v) is 17.5. The van der Waals surface area contributed by atoms with E-state index in [1.807, 2.05) is 24.1 Å². The molecule has 1 aliphatic carbocycles. The number of nitrogens with one attached hydrogen (secondary N) is 2. The second-order valence-corrected chi connectivity index (χ2v) is 8.87. The maximum absolute atomic E-state index is 13.2. The van der Waals surface area contributed by atoms with Crippen molar-refractivity contribution in [1.29, 1.82) is 0 Å². The van der Waals surface area contributed by atoms with Gasteiger partial charge in [0.25, 0.3) is 0 Å². The van der Waals surface area contributed by atoms with Crippen LogP contribution in [0, 0.1) is 5.92 Å². The van der Waals surface area contributed by atoms with Crippen LogP contribution in [-0.4, -0.2) is 51.9 Å². The minimum absolute atomic E-state index is 0.0583. The van der Waals surface area contributed by atoms with Crippen molar-refractivity contribution >= 4 is 33.7 Å². The quantitative estimate of drug-likeness (QED) is 0.697. The summed E-state index contributed by atoms with van der Waals surface area (Å²) in [5, 5.41) is 0.989. The number of aromatic amines is 2. The normalized spacial score (nSPS) is 20.7. The van der Waals surface area contributed by atoms with Crippen LogP contribution in [0.2, 0.25) is 0 Å². The molecule has 2 aliphatic rings.